The fraction of sp³-hybridized carbons (Fsp3) is 0.478. The second kappa shape index (κ2) is 10.2. The van der Waals surface area contributed by atoms with Crippen LogP contribution in [0, 0.1) is 23.4 Å². The molecule has 1 aromatic carbocycles. The Morgan fingerprint density at radius 2 is 1.94 bits per heavy atom. The van der Waals surface area contributed by atoms with Crippen molar-refractivity contribution < 1.29 is 45.7 Å². The maximum absolute atomic E-state index is 14.5. The minimum absolute atomic E-state index is 0.149. The molecule has 3 rings (SSSR count). The number of benzene rings is 1. The molecule has 3 N–H and O–H groups in total. The van der Waals surface area contributed by atoms with E-state index in [9.17, 15) is 36.2 Å². The summed E-state index contributed by atoms with van der Waals surface area (Å²) in [6.45, 7) is 1.50. The van der Waals surface area contributed by atoms with E-state index in [1.165, 1.54) is 7.05 Å². The van der Waals surface area contributed by atoms with Crippen molar-refractivity contribution in [3.05, 3.63) is 53.1 Å². The van der Waals surface area contributed by atoms with Crippen LogP contribution in [0.2, 0.25) is 0 Å². The van der Waals surface area contributed by atoms with Crippen molar-refractivity contribution in [3.63, 3.8) is 0 Å². The molecule has 0 bridgehead atoms. The van der Waals surface area contributed by atoms with Gasteiger partial charge in [-0.05, 0) is 26.1 Å². The summed E-state index contributed by atoms with van der Waals surface area (Å²) in [5.74, 6) is -8.47. The van der Waals surface area contributed by atoms with Crippen LogP contribution in [0.4, 0.5) is 32.0 Å². The highest BCUT2D eigenvalue weighted by atomic mass is 19.4. The number of carbonyl (C=O) groups excluding carboxylic acids is 1. The summed E-state index contributed by atoms with van der Waals surface area (Å²) in [5, 5.41) is 14.4. The average Bonchev–Trinajstić information content (AvgIpc) is 3.10. The number of aliphatic hydroxyl groups excluding tert-OH is 1. The van der Waals surface area contributed by atoms with Crippen LogP contribution in [0.5, 0.6) is 5.75 Å². The van der Waals surface area contributed by atoms with E-state index in [0.717, 1.165) is 39.3 Å². The number of hydrogen-bond acceptors (Lipinski definition) is 6. The van der Waals surface area contributed by atoms with E-state index in [0.29, 0.717) is 6.07 Å². The molecule has 13 heteroatoms. The van der Waals surface area contributed by atoms with Gasteiger partial charge in [0, 0.05) is 17.4 Å². The first-order valence-electron chi connectivity index (χ1n) is 10.8. The van der Waals surface area contributed by atoms with Crippen LogP contribution in [0.1, 0.15) is 37.1 Å². The van der Waals surface area contributed by atoms with Gasteiger partial charge in [-0.15, -0.1) is 0 Å². The maximum Gasteiger partial charge on any atom is 0.417 e. The van der Waals surface area contributed by atoms with Crippen LogP contribution in [0.15, 0.2) is 24.4 Å². The van der Waals surface area contributed by atoms with E-state index >= 15 is 0 Å². The fourth-order valence-electron chi connectivity index (χ4n) is 4.32. The van der Waals surface area contributed by atoms with Crippen LogP contribution in [0.3, 0.4) is 0 Å². The Morgan fingerprint density at radius 1 is 1.28 bits per heavy atom. The van der Waals surface area contributed by atoms with Crippen molar-refractivity contribution in [1.82, 2.24) is 10.3 Å². The molecule has 1 aliphatic heterocycles. The molecule has 5 atom stereocenters. The third-order valence-corrected chi connectivity index (χ3v) is 6.59. The van der Waals surface area contributed by atoms with Crippen molar-refractivity contribution in [3.8, 4) is 5.75 Å². The highest BCUT2D eigenvalue weighted by Gasteiger charge is 2.66. The Morgan fingerprint density at radius 3 is 2.50 bits per heavy atom. The number of aromatic nitrogens is 1. The number of nitrogens with one attached hydrogen (secondary N) is 2. The zero-order valence-electron chi connectivity index (χ0n) is 19.7. The molecule has 2 heterocycles. The van der Waals surface area contributed by atoms with Crippen LogP contribution >= 0.6 is 0 Å². The van der Waals surface area contributed by atoms with Gasteiger partial charge in [0.15, 0.2) is 23.0 Å². The summed E-state index contributed by atoms with van der Waals surface area (Å²) in [6, 6.07) is 2.13. The molecule has 0 aliphatic carbocycles. The van der Waals surface area contributed by atoms with E-state index < -0.39 is 77.2 Å². The summed E-state index contributed by atoms with van der Waals surface area (Å²) in [6.07, 6.45) is -6.06. The van der Waals surface area contributed by atoms with Crippen LogP contribution in [-0.4, -0.2) is 54.6 Å². The van der Waals surface area contributed by atoms with Gasteiger partial charge >= 0.3 is 6.18 Å². The molecule has 1 saturated heterocycles. The largest absolute Gasteiger partial charge is 0.493 e. The van der Waals surface area contributed by atoms with Gasteiger partial charge in [-0.2, -0.15) is 17.6 Å². The Balaban J connectivity index is 2.08. The first-order valence-corrected chi connectivity index (χ1v) is 10.8. The predicted octanol–water partition coefficient (Wildman–Crippen LogP) is 3.84. The van der Waals surface area contributed by atoms with Crippen molar-refractivity contribution in [2.75, 3.05) is 26.1 Å². The molecule has 0 radical (unpaired) electrons. The number of aliphatic hydroxyl groups is 1. The van der Waals surface area contributed by atoms with Gasteiger partial charge in [-0.1, -0.05) is 13.0 Å². The number of carbonyl (C=O) groups is 1. The topological polar surface area (TPSA) is 92.7 Å². The van der Waals surface area contributed by atoms with E-state index in [-0.39, 0.29) is 11.3 Å². The minimum atomic E-state index is -4.94. The van der Waals surface area contributed by atoms with Crippen molar-refractivity contribution in [2.24, 2.45) is 5.92 Å². The standard InChI is InChI=1S/C23H25F6N3O4/c1-10-17(11-5-6-12(24)18(26)19(11)35-4)20(36-22(10,2)23(27,28)29)21(34)32-14-7-15(16(9-33)30-3)31-8-13(14)25/h5-8,10,16-17,20,30,33H,9H2,1-4H3,(H,31,32,34)/t10-,16?,17-,20+,22+/m0/s1. The summed E-state index contributed by atoms with van der Waals surface area (Å²) < 4.78 is 95.0. The molecular formula is C23H25F6N3O4. The fourth-order valence-corrected chi connectivity index (χ4v) is 4.32. The maximum atomic E-state index is 14.5. The Bertz CT molecular complexity index is 1130. The number of pyridine rings is 1. The smallest absolute Gasteiger partial charge is 0.417 e. The van der Waals surface area contributed by atoms with E-state index in [2.05, 4.69) is 15.6 Å². The summed E-state index contributed by atoms with van der Waals surface area (Å²) in [5.41, 5.74) is -3.35. The molecule has 1 unspecified atom stereocenters. The Labute approximate surface area is 202 Å². The lowest BCUT2D eigenvalue weighted by Gasteiger charge is -2.32. The van der Waals surface area contributed by atoms with E-state index in [1.807, 2.05) is 0 Å². The number of anilines is 1. The van der Waals surface area contributed by atoms with E-state index in [4.69, 9.17) is 9.47 Å². The van der Waals surface area contributed by atoms with E-state index in [1.54, 1.807) is 0 Å². The Hall–Kier alpha value is -2.90. The SMILES string of the molecule is CNC(CO)c1cc(NC(=O)[C@@H]2O[C@@](C)(C(F)(F)F)[C@@H](C)[C@H]2c2ccc(F)c(F)c2OC)c(F)cn1. The molecule has 1 amide bonds. The molecule has 1 fully saturated rings. The summed E-state index contributed by atoms with van der Waals surface area (Å²) in [7, 11) is 2.52. The number of nitrogens with zero attached hydrogens (tertiary/aromatic N) is 1. The number of ether oxygens (including phenoxy) is 2. The molecular weight excluding hydrogens is 496 g/mol. The quantitative estimate of drug-likeness (QED) is 0.480. The number of likely N-dealkylation sites (N-methyl/N-ethyl adjacent to an activating group) is 1. The molecule has 7 nitrogen and oxygen atoms in total. The third kappa shape index (κ3) is 4.74. The van der Waals surface area contributed by atoms with Gasteiger partial charge in [0.25, 0.3) is 5.91 Å². The van der Waals surface area contributed by atoms with Gasteiger partial charge in [0.05, 0.1) is 37.3 Å². The summed E-state index contributed by atoms with van der Waals surface area (Å²) >= 11 is 0. The average molecular weight is 521 g/mol. The second-order valence-corrected chi connectivity index (χ2v) is 8.54. The number of alkyl halides is 3. The number of halogens is 6. The van der Waals surface area contributed by atoms with Crippen LogP contribution in [-0.2, 0) is 9.53 Å². The van der Waals surface area contributed by atoms with Gasteiger partial charge in [0.1, 0.15) is 6.10 Å². The number of methoxy groups -OCH3 is 1. The third-order valence-electron chi connectivity index (χ3n) is 6.59. The lowest BCUT2D eigenvalue weighted by Crippen LogP contribution is -2.47. The highest BCUT2D eigenvalue weighted by Crippen LogP contribution is 2.55. The molecule has 0 saturated carbocycles. The predicted molar refractivity (Wildman–Crippen MR) is 116 cm³/mol. The van der Waals surface area contributed by atoms with Gasteiger partial charge < -0.3 is 25.2 Å². The first kappa shape index (κ1) is 27.7. The molecule has 198 valence electrons. The normalized spacial score (nSPS) is 25.0. The molecule has 1 aromatic heterocycles. The first-order chi connectivity index (χ1) is 16.8. The van der Waals surface area contributed by atoms with Gasteiger partial charge in [-0.3, -0.25) is 9.78 Å². The molecule has 2 aromatic rings. The van der Waals surface area contributed by atoms with Gasteiger partial charge in [-0.25, -0.2) is 8.78 Å². The zero-order valence-corrected chi connectivity index (χ0v) is 19.7. The van der Waals surface area contributed by atoms with Crippen molar-refractivity contribution in [2.45, 2.75) is 43.7 Å². The summed E-state index contributed by atoms with van der Waals surface area (Å²) in [4.78, 5) is 17.1. The molecule has 36 heavy (non-hydrogen) atoms. The lowest BCUT2D eigenvalue weighted by atomic mass is 9.77. The monoisotopic (exact) mass is 521 g/mol. The number of rotatable bonds is 7. The van der Waals surface area contributed by atoms with Crippen LogP contribution in [0.25, 0.3) is 0 Å². The van der Waals surface area contributed by atoms with Gasteiger partial charge in [0.2, 0.25) is 5.82 Å². The zero-order chi connectivity index (χ0) is 27.0. The minimum Gasteiger partial charge on any atom is -0.493 e. The van der Waals surface area contributed by atoms with Crippen molar-refractivity contribution >= 4 is 11.6 Å². The molecule has 1 aliphatic rings. The highest BCUT2D eigenvalue weighted by molar-refractivity contribution is 5.95. The second-order valence-electron chi connectivity index (χ2n) is 8.54. The number of amides is 1. The molecule has 0 spiro atoms. The lowest BCUT2D eigenvalue weighted by molar-refractivity contribution is -0.272. The van der Waals surface area contributed by atoms with Crippen LogP contribution < -0.4 is 15.4 Å². The number of hydrogen-bond donors (Lipinski definition) is 3. The van der Waals surface area contributed by atoms with Crippen molar-refractivity contribution in [1.29, 1.82) is 0 Å². The Kier molecular flexibility index (Phi) is 7.86.